The van der Waals surface area contributed by atoms with E-state index in [-0.39, 0.29) is 0 Å². The Morgan fingerprint density at radius 3 is 2.56 bits per heavy atom. The number of nitrogens with zero attached hydrogens (tertiary/aromatic N) is 2. The monoisotopic (exact) mass is 284 g/mol. The second-order valence-electron chi connectivity index (χ2n) is 3.38. The minimum absolute atomic E-state index is 0.312. The normalized spacial score (nSPS) is 10.3. The maximum absolute atomic E-state index is 11.3. The van der Waals surface area contributed by atoms with Crippen LogP contribution in [0.3, 0.4) is 0 Å². The van der Waals surface area contributed by atoms with Crippen LogP contribution in [-0.2, 0) is 0 Å². The minimum atomic E-state index is -1.38. The van der Waals surface area contributed by atoms with Crippen LogP contribution < -0.4 is 5.43 Å². The van der Waals surface area contributed by atoms with E-state index >= 15 is 0 Å². The van der Waals surface area contributed by atoms with Gasteiger partial charge in [0, 0.05) is 12.3 Å². The second-order valence-corrected chi connectivity index (χ2v) is 4.19. The van der Waals surface area contributed by atoms with Gasteiger partial charge in [-0.2, -0.15) is 5.10 Å². The Kier molecular flexibility index (Phi) is 3.36. The fourth-order valence-corrected chi connectivity index (χ4v) is 1.62. The number of hydrogen-bond acceptors (Lipinski definition) is 3. The largest absolute Gasteiger partial charge is 0.476 e. The first-order valence-electron chi connectivity index (χ1n) is 4.78. The lowest BCUT2D eigenvalue weighted by Crippen LogP contribution is -2.20. The molecule has 1 heterocycles. The zero-order valence-electron chi connectivity index (χ0n) is 8.80. The summed E-state index contributed by atoms with van der Waals surface area (Å²) in [5, 5.41) is 13.2. The average Bonchev–Trinajstić information content (AvgIpc) is 2.33. The molecule has 0 fully saturated rings. The number of hydrogen-bond donors (Lipinski definition) is 1. The molecule has 0 spiro atoms. The van der Waals surface area contributed by atoms with Crippen LogP contribution in [0, 0.1) is 0 Å². The summed E-state index contributed by atoms with van der Waals surface area (Å²) in [5.74, 6) is -1.38. The molecule has 0 bridgehead atoms. The Bertz CT molecular complexity index is 682. The SMILES string of the molecule is O=C(O)c1nn(-c2ccc(Cl)c(Cl)c2)ccc1=O. The van der Waals surface area contributed by atoms with Crippen molar-refractivity contribution in [2.45, 2.75) is 0 Å². The number of carbonyl (C=O) groups is 1. The molecule has 0 saturated carbocycles. The molecule has 0 amide bonds. The Morgan fingerprint density at radius 2 is 1.94 bits per heavy atom. The molecule has 1 aromatic heterocycles. The summed E-state index contributed by atoms with van der Waals surface area (Å²) in [5.41, 5.74) is -0.700. The van der Waals surface area contributed by atoms with Crippen molar-refractivity contribution in [1.82, 2.24) is 9.78 Å². The molecule has 0 aliphatic carbocycles. The Hall–Kier alpha value is -1.85. The van der Waals surface area contributed by atoms with Crippen LogP contribution in [0.15, 0.2) is 35.3 Å². The first-order chi connectivity index (χ1) is 8.49. The fourth-order valence-electron chi connectivity index (χ4n) is 1.33. The molecule has 0 aliphatic heterocycles. The highest BCUT2D eigenvalue weighted by Gasteiger charge is 2.11. The third-order valence-corrected chi connectivity index (χ3v) is 2.92. The van der Waals surface area contributed by atoms with Crippen molar-refractivity contribution < 1.29 is 9.90 Å². The zero-order valence-corrected chi connectivity index (χ0v) is 10.3. The van der Waals surface area contributed by atoms with Crippen molar-refractivity contribution in [3.8, 4) is 5.69 Å². The van der Waals surface area contributed by atoms with Gasteiger partial charge in [0.15, 0.2) is 0 Å². The van der Waals surface area contributed by atoms with Crippen molar-refractivity contribution in [1.29, 1.82) is 0 Å². The topological polar surface area (TPSA) is 72.2 Å². The van der Waals surface area contributed by atoms with E-state index in [1.54, 1.807) is 12.1 Å². The highest BCUT2D eigenvalue weighted by atomic mass is 35.5. The zero-order chi connectivity index (χ0) is 13.3. The van der Waals surface area contributed by atoms with E-state index in [1.807, 2.05) is 0 Å². The van der Waals surface area contributed by atoms with E-state index in [0.29, 0.717) is 15.7 Å². The van der Waals surface area contributed by atoms with Gasteiger partial charge in [-0.3, -0.25) is 4.79 Å². The van der Waals surface area contributed by atoms with Gasteiger partial charge in [0.1, 0.15) is 0 Å². The summed E-state index contributed by atoms with van der Waals surface area (Å²) in [6, 6.07) is 5.81. The van der Waals surface area contributed by atoms with E-state index < -0.39 is 17.1 Å². The van der Waals surface area contributed by atoms with Gasteiger partial charge >= 0.3 is 5.97 Å². The lowest BCUT2D eigenvalue weighted by molar-refractivity contribution is 0.0687. The van der Waals surface area contributed by atoms with Crippen molar-refractivity contribution in [2.24, 2.45) is 0 Å². The molecule has 0 radical (unpaired) electrons. The number of rotatable bonds is 2. The standard InChI is InChI=1S/C11H6Cl2N2O3/c12-7-2-1-6(5-8(7)13)15-4-3-9(16)10(14-15)11(17)18/h1-5H,(H,17,18). The van der Waals surface area contributed by atoms with E-state index in [0.717, 1.165) is 6.07 Å². The predicted octanol–water partition coefficient (Wildman–Crippen LogP) is 2.24. The molecule has 92 valence electrons. The maximum Gasteiger partial charge on any atom is 0.360 e. The summed E-state index contributed by atoms with van der Waals surface area (Å²) in [6.07, 6.45) is 1.36. The van der Waals surface area contributed by atoms with Gasteiger partial charge in [0.05, 0.1) is 15.7 Å². The minimum Gasteiger partial charge on any atom is -0.476 e. The number of aromatic carboxylic acids is 1. The van der Waals surface area contributed by atoms with Crippen molar-refractivity contribution in [2.75, 3.05) is 0 Å². The number of carboxylic acid groups (broad SMARTS) is 1. The van der Waals surface area contributed by atoms with E-state index in [4.69, 9.17) is 28.3 Å². The summed E-state index contributed by atoms with van der Waals surface area (Å²) >= 11 is 11.6. The Morgan fingerprint density at radius 1 is 1.22 bits per heavy atom. The van der Waals surface area contributed by atoms with Crippen LogP contribution in [0.1, 0.15) is 10.5 Å². The third kappa shape index (κ3) is 2.37. The molecule has 7 heteroatoms. The van der Waals surface area contributed by atoms with Gasteiger partial charge in [-0.15, -0.1) is 0 Å². The van der Waals surface area contributed by atoms with Crippen molar-refractivity contribution in [3.05, 3.63) is 56.4 Å². The quantitative estimate of drug-likeness (QED) is 0.918. The lowest BCUT2D eigenvalue weighted by atomic mass is 10.3. The summed E-state index contributed by atoms with van der Waals surface area (Å²) in [6.45, 7) is 0. The molecule has 0 unspecified atom stereocenters. The molecule has 0 atom stereocenters. The highest BCUT2D eigenvalue weighted by molar-refractivity contribution is 6.42. The highest BCUT2D eigenvalue weighted by Crippen LogP contribution is 2.23. The lowest BCUT2D eigenvalue weighted by Gasteiger charge is -2.06. The van der Waals surface area contributed by atoms with E-state index in [1.165, 1.54) is 16.9 Å². The summed E-state index contributed by atoms with van der Waals surface area (Å²) < 4.78 is 1.24. The van der Waals surface area contributed by atoms with Gasteiger partial charge in [-0.05, 0) is 18.2 Å². The van der Waals surface area contributed by atoms with Gasteiger partial charge in [0.2, 0.25) is 11.1 Å². The molecule has 0 saturated heterocycles. The molecule has 2 rings (SSSR count). The second kappa shape index (κ2) is 4.80. The van der Waals surface area contributed by atoms with Crippen LogP contribution >= 0.6 is 23.2 Å². The maximum atomic E-state index is 11.3. The first kappa shape index (κ1) is 12.6. The van der Waals surface area contributed by atoms with Crippen molar-refractivity contribution in [3.63, 3.8) is 0 Å². The number of aromatic nitrogens is 2. The van der Waals surface area contributed by atoms with Gasteiger partial charge in [0.25, 0.3) is 0 Å². The fraction of sp³-hybridized carbons (Fsp3) is 0. The molecule has 1 N–H and O–H groups in total. The van der Waals surface area contributed by atoms with Crippen LogP contribution in [-0.4, -0.2) is 20.9 Å². The number of benzene rings is 1. The Labute approximate surface area is 111 Å². The molecular weight excluding hydrogens is 279 g/mol. The summed E-state index contributed by atoms with van der Waals surface area (Å²) in [7, 11) is 0. The van der Waals surface area contributed by atoms with Crippen LogP contribution in [0.4, 0.5) is 0 Å². The number of carboxylic acids is 1. The summed E-state index contributed by atoms with van der Waals surface area (Å²) in [4.78, 5) is 22.1. The molecule has 2 aromatic rings. The number of halogens is 2. The van der Waals surface area contributed by atoms with Gasteiger partial charge in [-0.1, -0.05) is 23.2 Å². The van der Waals surface area contributed by atoms with Crippen LogP contribution in [0.25, 0.3) is 5.69 Å². The molecule has 0 aliphatic rings. The first-order valence-corrected chi connectivity index (χ1v) is 5.53. The molecule has 1 aromatic carbocycles. The Balaban J connectivity index is 2.57. The molecule has 5 nitrogen and oxygen atoms in total. The van der Waals surface area contributed by atoms with Crippen LogP contribution in [0.2, 0.25) is 10.0 Å². The van der Waals surface area contributed by atoms with Gasteiger partial charge < -0.3 is 5.11 Å². The van der Waals surface area contributed by atoms with Gasteiger partial charge in [-0.25, -0.2) is 9.48 Å². The van der Waals surface area contributed by atoms with Crippen molar-refractivity contribution >= 4 is 29.2 Å². The van der Waals surface area contributed by atoms with Crippen LogP contribution in [0.5, 0.6) is 0 Å². The predicted molar refractivity (Wildman–Crippen MR) is 66.8 cm³/mol. The molecular formula is C11H6Cl2N2O3. The smallest absolute Gasteiger partial charge is 0.360 e. The third-order valence-electron chi connectivity index (χ3n) is 2.18. The van der Waals surface area contributed by atoms with E-state index in [2.05, 4.69) is 5.10 Å². The molecule has 18 heavy (non-hydrogen) atoms. The van der Waals surface area contributed by atoms with E-state index in [9.17, 15) is 9.59 Å². The average molecular weight is 285 g/mol.